The van der Waals surface area contributed by atoms with Gasteiger partial charge in [0.25, 0.3) is 0 Å². The first-order chi connectivity index (χ1) is 7.86. The molecule has 0 aliphatic rings. The molecule has 0 aromatic carbocycles. The van der Waals surface area contributed by atoms with E-state index in [1.807, 2.05) is 0 Å². The summed E-state index contributed by atoms with van der Waals surface area (Å²) in [6, 6.07) is 5.24. The van der Waals surface area contributed by atoms with E-state index in [1.54, 1.807) is 30.6 Å². The molecule has 0 atom stereocenters. The quantitative estimate of drug-likeness (QED) is 0.731. The Morgan fingerprint density at radius 2 is 1.50 bits per heavy atom. The zero-order valence-electron chi connectivity index (χ0n) is 8.48. The summed E-state index contributed by atoms with van der Waals surface area (Å²) >= 11 is 0. The van der Waals surface area contributed by atoms with Crippen molar-refractivity contribution in [3.8, 4) is 6.07 Å². The Bertz CT molecular complexity index is 436. The third-order valence-electron chi connectivity index (χ3n) is 1.47. The first-order valence-corrected chi connectivity index (χ1v) is 4.50. The van der Waals surface area contributed by atoms with E-state index in [0.29, 0.717) is 12.4 Å². The van der Waals surface area contributed by atoms with Gasteiger partial charge in [-0.1, -0.05) is 0 Å². The van der Waals surface area contributed by atoms with E-state index in [0.717, 1.165) is 0 Å². The second kappa shape index (κ2) is 6.98. The highest BCUT2D eigenvalue weighted by molar-refractivity contribution is 5.07. The van der Waals surface area contributed by atoms with Crippen molar-refractivity contribution in [1.82, 2.24) is 19.9 Å². The van der Waals surface area contributed by atoms with Crippen molar-refractivity contribution >= 4 is 0 Å². The second-order valence-corrected chi connectivity index (χ2v) is 2.55. The molecule has 6 nitrogen and oxygen atoms in total. The highest BCUT2D eigenvalue weighted by Crippen LogP contribution is 1.81. The lowest BCUT2D eigenvalue weighted by molar-refractivity contribution is 0.909. The smallest absolute Gasteiger partial charge is 0.232 e. The van der Waals surface area contributed by atoms with Gasteiger partial charge < -0.3 is 5.73 Å². The average Bonchev–Trinajstić information content (AvgIpc) is 2.41. The first kappa shape index (κ1) is 11.7. The van der Waals surface area contributed by atoms with Gasteiger partial charge in [-0.3, -0.25) is 0 Å². The first-order valence-electron chi connectivity index (χ1n) is 4.50. The van der Waals surface area contributed by atoms with Crippen LogP contribution in [0.1, 0.15) is 11.6 Å². The molecule has 0 aliphatic heterocycles. The molecule has 0 aliphatic carbocycles. The van der Waals surface area contributed by atoms with Crippen molar-refractivity contribution in [2.45, 2.75) is 6.54 Å². The van der Waals surface area contributed by atoms with Gasteiger partial charge >= 0.3 is 0 Å². The molecule has 0 saturated heterocycles. The van der Waals surface area contributed by atoms with Gasteiger partial charge in [-0.05, 0) is 12.1 Å². The lowest BCUT2D eigenvalue weighted by atomic mass is 10.6. The second-order valence-electron chi connectivity index (χ2n) is 2.55. The Morgan fingerprint density at radius 1 is 1.00 bits per heavy atom. The molecule has 80 valence electrons. The van der Waals surface area contributed by atoms with Crippen LogP contribution in [0.2, 0.25) is 0 Å². The van der Waals surface area contributed by atoms with Crippen LogP contribution in [-0.2, 0) is 6.54 Å². The van der Waals surface area contributed by atoms with E-state index < -0.39 is 0 Å². The van der Waals surface area contributed by atoms with Gasteiger partial charge in [-0.25, -0.2) is 19.9 Å². The maximum Gasteiger partial charge on any atom is 0.232 e. The van der Waals surface area contributed by atoms with Crippen molar-refractivity contribution in [1.29, 1.82) is 5.26 Å². The zero-order valence-corrected chi connectivity index (χ0v) is 8.48. The standard InChI is InChI=1S/C5H7N3.C5H3N3/c2*6-4-5-7-2-1-3-8-5/h1-3H,4,6H2;1-3H. The van der Waals surface area contributed by atoms with E-state index in [2.05, 4.69) is 19.9 Å². The number of nitrogens with two attached hydrogens (primary N) is 1. The number of aromatic nitrogens is 4. The fourth-order valence-electron chi connectivity index (χ4n) is 0.792. The van der Waals surface area contributed by atoms with Gasteiger partial charge in [0.05, 0.1) is 6.54 Å². The maximum atomic E-state index is 8.16. The minimum Gasteiger partial charge on any atom is -0.324 e. The van der Waals surface area contributed by atoms with Crippen LogP contribution in [0.25, 0.3) is 0 Å². The summed E-state index contributed by atoms with van der Waals surface area (Å²) in [5, 5.41) is 8.16. The highest BCUT2D eigenvalue weighted by Gasteiger charge is 1.84. The molecule has 0 bridgehead atoms. The Hall–Kier alpha value is -2.39. The molecule has 6 heteroatoms. The van der Waals surface area contributed by atoms with Gasteiger partial charge in [0.2, 0.25) is 5.82 Å². The van der Waals surface area contributed by atoms with Gasteiger partial charge in [-0.15, -0.1) is 0 Å². The fourth-order valence-corrected chi connectivity index (χ4v) is 0.792. The number of nitrogens with zero attached hydrogens (tertiary/aromatic N) is 5. The minimum absolute atomic E-state index is 0.215. The van der Waals surface area contributed by atoms with Crippen LogP contribution < -0.4 is 5.73 Å². The molecule has 2 heterocycles. The molecular weight excluding hydrogens is 204 g/mol. The van der Waals surface area contributed by atoms with Gasteiger partial charge in [0.1, 0.15) is 11.9 Å². The molecule has 0 amide bonds. The average molecular weight is 214 g/mol. The van der Waals surface area contributed by atoms with Crippen LogP contribution in [0.5, 0.6) is 0 Å². The Balaban J connectivity index is 0.000000160. The molecule has 2 N–H and O–H groups in total. The van der Waals surface area contributed by atoms with Crippen LogP contribution in [0.4, 0.5) is 0 Å². The molecule has 0 saturated carbocycles. The van der Waals surface area contributed by atoms with E-state index in [1.165, 1.54) is 12.4 Å². The normalized spacial score (nSPS) is 8.50. The van der Waals surface area contributed by atoms with Crippen LogP contribution in [-0.4, -0.2) is 19.9 Å². The molecule has 2 aromatic heterocycles. The van der Waals surface area contributed by atoms with Crippen LogP contribution in [0, 0.1) is 11.3 Å². The summed E-state index contributed by atoms with van der Waals surface area (Å²) in [7, 11) is 0. The molecule has 0 radical (unpaired) electrons. The third kappa shape index (κ3) is 4.21. The molecule has 0 spiro atoms. The summed E-state index contributed by atoms with van der Waals surface area (Å²) in [6.07, 6.45) is 6.42. The van der Waals surface area contributed by atoms with Crippen molar-refractivity contribution < 1.29 is 0 Å². The predicted octanol–water partition coefficient (Wildman–Crippen LogP) is 0.284. The van der Waals surface area contributed by atoms with Crippen molar-refractivity contribution in [2.75, 3.05) is 0 Å². The van der Waals surface area contributed by atoms with E-state index in [-0.39, 0.29) is 5.82 Å². The summed E-state index contributed by atoms with van der Waals surface area (Å²) in [5.74, 6) is 0.903. The van der Waals surface area contributed by atoms with Crippen molar-refractivity contribution in [2.24, 2.45) is 5.73 Å². The molecule has 2 aromatic rings. The van der Waals surface area contributed by atoms with E-state index in [4.69, 9.17) is 11.0 Å². The monoisotopic (exact) mass is 214 g/mol. The maximum absolute atomic E-state index is 8.16. The predicted molar refractivity (Wildman–Crippen MR) is 56.7 cm³/mol. The molecular formula is C10H10N6. The topological polar surface area (TPSA) is 101 Å². The largest absolute Gasteiger partial charge is 0.324 e. The van der Waals surface area contributed by atoms with Crippen molar-refractivity contribution in [3.05, 3.63) is 48.6 Å². The number of hydrogen-bond acceptors (Lipinski definition) is 6. The van der Waals surface area contributed by atoms with Crippen LogP contribution >= 0.6 is 0 Å². The van der Waals surface area contributed by atoms with E-state index >= 15 is 0 Å². The summed E-state index contributed by atoms with van der Waals surface area (Å²) in [4.78, 5) is 15.0. The minimum atomic E-state index is 0.215. The van der Waals surface area contributed by atoms with Crippen LogP contribution in [0.3, 0.4) is 0 Å². The highest BCUT2D eigenvalue weighted by atomic mass is 14.9. The molecule has 2 rings (SSSR count). The van der Waals surface area contributed by atoms with Gasteiger partial charge in [0.15, 0.2) is 0 Å². The summed E-state index contributed by atoms with van der Waals surface area (Å²) in [6.45, 7) is 0.418. The van der Waals surface area contributed by atoms with Gasteiger partial charge in [0, 0.05) is 24.8 Å². The summed E-state index contributed by atoms with van der Waals surface area (Å²) in [5.41, 5.74) is 5.22. The number of hydrogen-bond donors (Lipinski definition) is 1. The zero-order chi connectivity index (χ0) is 11.6. The van der Waals surface area contributed by atoms with Crippen LogP contribution in [0.15, 0.2) is 36.9 Å². The Labute approximate surface area is 92.8 Å². The Kier molecular flexibility index (Phi) is 5.09. The lowest BCUT2D eigenvalue weighted by Crippen LogP contribution is -2.00. The van der Waals surface area contributed by atoms with Crippen molar-refractivity contribution in [3.63, 3.8) is 0 Å². The number of nitriles is 1. The molecule has 0 fully saturated rings. The van der Waals surface area contributed by atoms with Gasteiger partial charge in [-0.2, -0.15) is 5.26 Å². The Morgan fingerprint density at radius 3 is 1.81 bits per heavy atom. The fraction of sp³-hybridized carbons (Fsp3) is 0.100. The summed E-state index contributed by atoms with van der Waals surface area (Å²) < 4.78 is 0. The number of rotatable bonds is 1. The molecule has 0 unspecified atom stereocenters. The molecule has 16 heavy (non-hydrogen) atoms. The lowest BCUT2D eigenvalue weighted by Gasteiger charge is -1.88. The SMILES string of the molecule is N#Cc1ncccn1.NCc1ncccn1. The van der Waals surface area contributed by atoms with E-state index in [9.17, 15) is 0 Å². The third-order valence-corrected chi connectivity index (χ3v) is 1.47.